The summed E-state index contributed by atoms with van der Waals surface area (Å²) in [5.74, 6) is 1.04. The monoisotopic (exact) mass is 969 g/mol. The van der Waals surface area contributed by atoms with Gasteiger partial charge in [0.25, 0.3) is 0 Å². The van der Waals surface area contributed by atoms with Gasteiger partial charge >= 0.3 is 0 Å². The van der Waals surface area contributed by atoms with Crippen molar-refractivity contribution in [2.45, 2.75) is 57.8 Å². The molecule has 0 fully saturated rings. The van der Waals surface area contributed by atoms with Crippen LogP contribution in [0.2, 0.25) is 0 Å². The normalized spacial score (nSPS) is 12.8. The first-order chi connectivity index (χ1) is 37.1. The zero-order valence-electron chi connectivity index (χ0n) is 42.2. The lowest BCUT2D eigenvalue weighted by molar-refractivity contribution is 0.414. The minimum Gasteiger partial charge on any atom is -0.416 e. The van der Waals surface area contributed by atoms with Crippen LogP contribution in [-0.2, 0) is 5.41 Å². The molecule has 13 aromatic rings. The van der Waals surface area contributed by atoms with Crippen LogP contribution in [-0.4, -0.2) is 15.2 Å². The molecule has 0 saturated carbocycles. The molecule has 75 heavy (non-hydrogen) atoms. The summed E-state index contributed by atoms with van der Waals surface area (Å²) >= 11 is 0. The van der Waals surface area contributed by atoms with Gasteiger partial charge in [0.1, 0.15) is 0 Å². The summed E-state index contributed by atoms with van der Waals surface area (Å²) in [4.78, 5) is 8.48. The van der Waals surface area contributed by atoms with Crippen molar-refractivity contribution >= 4 is 88.2 Å². The molecule has 0 atom stereocenters. The summed E-state index contributed by atoms with van der Waals surface area (Å²) in [6, 6.07) is 79.4. The molecule has 0 aliphatic heterocycles. The Morgan fingerprint density at radius 1 is 0.413 bits per heavy atom. The van der Waals surface area contributed by atoms with E-state index < -0.39 is 0 Å². The average molecular weight is 970 g/mol. The highest BCUT2D eigenvalue weighted by Gasteiger charge is 2.42. The second-order valence-corrected chi connectivity index (χ2v) is 20.4. The Labute approximate surface area is 436 Å². The standard InChI is InChI=1S/C69H55N5O/c1-3-5-40-69(41-6-4-2)60-23-14-13-22-55(60)56-35-29-49(42-61(56)69)68-72-71-67(75-68)48-26-31-52(32-27-48)73(50-18-9-7-10-19-50)53-33-37-62-58(43-53)59-44-54(34-38-63(59)70-62)74(51-20-11-8-12-21-51)64-39-30-47-25-24-45-16-15-17-46-28-36-57(64)66(47)65(45)46/h7-39,42-44,70H,3-6,40-41H2,1-2H3. The zero-order chi connectivity index (χ0) is 50.0. The quantitative estimate of drug-likeness (QED) is 0.110. The Morgan fingerprint density at radius 3 is 1.63 bits per heavy atom. The number of hydrogen-bond donors (Lipinski definition) is 1. The number of para-hydroxylation sites is 2. The number of rotatable bonds is 14. The van der Waals surface area contributed by atoms with Crippen LogP contribution in [0, 0.1) is 0 Å². The Bertz CT molecular complexity index is 4210. The molecule has 0 amide bonds. The summed E-state index contributed by atoms with van der Waals surface area (Å²) in [5, 5.41) is 19.2. The molecule has 1 N–H and O–H groups in total. The number of nitrogens with one attached hydrogen (secondary N) is 1. The molecule has 0 saturated heterocycles. The van der Waals surface area contributed by atoms with Crippen molar-refractivity contribution in [3.8, 4) is 34.0 Å². The number of anilines is 6. The maximum atomic E-state index is 6.56. The van der Waals surface area contributed by atoms with Gasteiger partial charge in [-0.15, -0.1) is 10.2 Å². The van der Waals surface area contributed by atoms with Gasteiger partial charge in [-0.1, -0.05) is 155 Å². The zero-order valence-corrected chi connectivity index (χ0v) is 42.2. The largest absolute Gasteiger partial charge is 0.416 e. The number of nitrogens with zero attached hydrogens (tertiary/aromatic N) is 4. The molecule has 1 aliphatic rings. The van der Waals surface area contributed by atoms with Crippen LogP contribution in [0.15, 0.2) is 223 Å². The minimum absolute atomic E-state index is 0.0182. The molecule has 2 aromatic heterocycles. The molecule has 0 bridgehead atoms. The highest BCUT2D eigenvalue weighted by Crippen LogP contribution is 2.55. The second-order valence-electron chi connectivity index (χ2n) is 20.4. The Morgan fingerprint density at radius 2 is 0.947 bits per heavy atom. The fraction of sp³-hybridized carbons (Fsp3) is 0.130. The number of aromatic amines is 1. The fourth-order valence-corrected chi connectivity index (χ4v) is 12.5. The van der Waals surface area contributed by atoms with Crippen molar-refractivity contribution in [3.63, 3.8) is 0 Å². The predicted molar refractivity (Wildman–Crippen MR) is 313 cm³/mol. The Balaban J connectivity index is 0.820. The van der Waals surface area contributed by atoms with E-state index in [2.05, 4.69) is 257 Å². The summed E-state index contributed by atoms with van der Waals surface area (Å²) in [6.45, 7) is 4.60. The van der Waals surface area contributed by atoms with Gasteiger partial charge in [0.05, 0.1) is 5.69 Å². The van der Waals surface area contributed by atoms with E-state index in [9.17, 15) is 0 Å². The third-order valence-corrected chi connectivity index (χ3v) is 16.1. The highest BCUT2D eigenvalue weighted by molar-refractivity contribution is 6.26. The molecule has 0 spiro atoms. The SMILES string of the molecule is CCCCC1(CCCC)c2ccccc2-c2ccc(-c3nnc(-c4ccc(N(c5ccccc5)c5ccc6[nH]c7ccc(N(c8ccccc8)c8ccc9ccc%10cccc%11ccc8c9c%10%11)cc7c6c5)cc4)o3)cc21. The van der Waals surface area contributed by atoms with Gasteiger partial charge in [0.2, 0.25) is 11.8 Å². The van der Waals surface area contributed by atoms with E-state index >= 15 is 0 Å². The lowest BCUT2D eigenvalue weighted by Gasteiger charge is -2.32. The molecule has 0 unspecified atom stereocenters. The van der Waals surface area contributed by atoms with E-state index in [1.165, 1.54) is 80.3 Å². The van der Waals surface area contributed by atoms with E-state index in [1.807, 2.05) is 0 Å². The third kappa shape index (κ3) is 7.38. The van der Waals surface area contributed by atoms with Gasteiger partial charge in [0.15, 0.2) is 0 Å². The van der Waals surface area contributed by atoms with Gasteiger partial charge in [-0.05, 0) is 165 Å². The summed E-state index contributed by atoms with van der Waals surface area (Å²) in [6.07, 6.45) is 6.96. The number of unbranched alkanes of at least 4 members (excludes halogenated alkanes) is 2. The van der Waals surface area contributed by atoms with E-state index in [0.717, 1.165) is 79.9 Å². The van der Waals surface area contributed by atoms with Gasteiger partial charge in [-0.2, -0.15) is 0 Å². The van der Waals surface area contributed by atoms with Crippen LogP contribution in [0.1, 0.15) is 63.5 Å². The molecular weight excluding hydrogens is 915 g/mol. The number of fused-ring (bicyclic) bond motifs is 6. The van der Waals surface area contributed by atoms with Crippen LogP contribution in [0.5, 0.6) is 0 Å². The maximum absolute atomic E-state index is 6.56. The number of hydrogen-bond acceptors (Lipinski definition) is 5. The molecule has 0 radical (unpaired) electrons. The first-order valence-corrected chi connectivity index (χ1v) is 26.7. The van der Waals surface area contributed by atoms with Crippen molar-refractivity contribution in [1.29, 1.82) is 0 Å². The Kier molecular flexibility index (Phi) is 10.8. The van der Waals surface area contributed by atoms with E-state index in [1.54, 1.807) is 0 Å². The summed E-state index contributed by atoms with van der Waals surface area (Å²) < 4.78 is 6.56. The summed E-state index contributed by atoms with van der Waals surface area (Å²) in [5.41, 5.74) is 16.0. The van der Waals surface area contributed by atoms with Crippen molar-refractivity contribution in [2.75, 3.05) is 9.80 Å². The lowest BCUT2D eigenvalue weighted by atomic mass is 9.70. The van der Waals surface area contributed by atoms with Crippen molar-refractivity contribution in [1.82, 2.24) is 15.2 Å². The minimum atomic E-state index is -0.0182. The van der Waals surface area contributed by atoms with Crippen molar-refractivity contribution in [2.24, 2.45) is 0 Å². The molecular formula is C69H55N5O. The van der Waals surface area contributed by atoms with Crippen LogP contribution in [0.4, 0.5) is 34.1 Å². The fourth-order valence-electron chi connectivity index (χ4n) is 12.5. The van der Waals surface area contributed by atoms with E-state index in [4.69, 9.17) is 4.42 Å². The van der Waals surface area contributed by atoms with E-state index in [0.29, 0.717) is 11.8 Å². The molecule has 6 nitrogen and oxygen atoms in total. The highest BCUT2D eigenvalue weighted by atomic mass is 16.4. The van der Waals surface area contributed by atoms with Crippen LogP contribution < -0.4 is 9.80 Å². The Hall–Kier alpha value is -9.00. The second kappa shape index (κ2) is 18.2. The third-order valence-electron chi connectivity index (χ3n) is 16.1. The van der Waals surface area contributed by atoms with Crippen LogP contribution in [0.25, 0.3) is 88.2 Å². The van der Waals surface area contributed by atoms with E-state index in [-0.39, 0.29) is 5.41 Å². The molecule has 11 aromatic carbocycles. The number of H-pyrrole nitrogens is 1. The number of benzene rings is 11. The summed E-state index contributed by atoms with van der Waals surface area (Å²) in [7, 11) is 0. The molecule has 14 rings (SSSR count). The molecule has 362 valence electrons. The predicted octanol–water partition coefficient (Wildman–Crippen LogP) is 19.5. The van der Waals surface area contributed by atoms with Crippen LogP contribution in [0.3, 0.4) is 0 Å². The van der Waals surface area contributed by atoms with Crippen molar-refractivity contribution < 1.29 is 4.42 Å². The lowest BCUT2D eigenvalue weighted by Crippen LogP contribution is -2.25. The van der Waals surface area contributed by atoms with Crippen molar-refractivity contribution in [3.05, 3.63) is 230 Å². The first-order valence-electron chi connectivity index (χ1n) is 26.7. The topological polar surface area (TPSA) is 61.2 Å². The molecule has 1 aliphatic carbocycles. The molecule has 2 heterocycles. The van der Waals surface area contributed by atoms with Gasteiger partial charge in [0, 0.05) is 72.2 Å². The van der Waals surface area contributed by atoms with Gasteiger partial charge in [-0.3, -0.25) is 0 Å². The number of aromatic nitrogens is 3. The van der Waals surface area contributed by atoms with Gasteiger partial charge < -0.3 is 19.2 Å². The maximum Gasteiger partial charge on any atom is 0.248 e. The average Bonchev–Trinajstić information content (AvgIpc) is 4.24. The van der Waals surface area contributed by atoms with Crippen LogP contribution >= 0.6 is 0 Å². The smallest absolute Gasteiger partial charge is 0.248 e. The van der Waals surface area contributed by atoms with Gasteiger partial charge in [-0.25, -0.2) is 0 Å². The first kappa shape index (κ1) is 44.7. The molecule has 6 heteroatoms.